The van der Waals surface area contributed by atoms with Gasteiger partial charge in [-0.2, -0.15) is 5.26 Å². The van der Waals surface area contributed by atoms with Crippen LogP contribution in [0.3, 0.4) is 0 Å². The van der Waals surface area contributed by atoms with Crippen LogP contribution in [0.4, 0.5) is 5.69 Å². The molecule has 1 amide bonds. The van der Waals surface area contributed by atoms with Gasteiger partial charge in [-0.15, -0.1) is 0 Å². The number of rotatable bonds is 6. The molecule has 0 aliphatic heterocycles. The first-order chi connectivity index (χ1) is 17.4. The molecule has 0 aliphatic rings. The molecule has 4 rings (SSSR count). The zero-order chi connectivity index (χ0) is 25.5. The molecule has 9 heteroatoms. The van der Waals surface area contributed by atoms with Gasteiger partial charge in [0.25, 0.3) is 11.5 Å². The second-order valence-corrected chi connectivity index (χ2v) is 9.15. The number of carbonyl (C=O) groups excluding carboxylic acids is 1. The monoisotopic (exact) mass is 511 g/mol. The highest BCUT2D eigenvalue weighted by molar-refractivity contribution is 7.98. The summed E-state index contributed by atoms with van der Waals surface area (Å²) in [5.74, 6) is 0.198. The van der Waals surface area contributed by atoms with E-state index in [-0.39, 0.29) is 16.6 Å². The number of aryl methyl sites for hydroxylation is 1. The Hall–Kier alpha value is -4.26. The lowest BCUT2D eigenvalue weighted by Gasteiger charge is -2.11. The lowest BCUT2D eigenvalue weighted by atomic mass is 10.1. The van der Waals surface area contributed by atoms with Crippen LogP contribution < -0.4 is 16.2 Å². The predicted molar refractivity (Wildman–Crippen MR) is 146 cm³/mol. The highest BCUT2D eigenvalue weighted by Gasteiger charge is 2.14. The van der Waals surface area contributed by atoms with Gasteiger partial charge in [-0.1, -0.05) is 72.4 Å². The summed E-state index contributed by atoms with van der Waals surface area (Å²) >= 11 is 6.60. The minimum Gasteiger partial charge on any atom is -0.332 e. The Morgan fingerprint density at radius 2 is 1.75 bits per heavy atom. The first kappa shape index (κ1) is 24.9. The van der Waals surface area contributed by atoms with Crippen LogP contribution in [0.2, 0.25) is 0 Å². The Morgan fingerprint density at radius 3 is 2.44 bits per heavy atom. The van der Waals surface area contributed by atoms with Gasteiger partial charge in [-0.25, -0.2) is 4.98 Å². The average molecular weight is 512 g/mol. The molecule has 0 saturated heterocycles. The van der Waals surface area contributed by atoms with Gasteiger partial charge in [0, 0.05) is 22.6 Å². The molecule has 0 atom stereocenters. The second kappa shape index (κ2) is 11.4. The molecule has 0 unspecified atom stereocenters. The van der Waals surface area contributed by atoms with E-state index in [9.17, 15) is 14.9 Å². The number of anilines is 1. The molecule has 3 aromatic carbocycles. The van der Waals surface area contributed by atoms with E-state index in [2.05, 4.69) is 20.6 Å². The standard InChI is InChI=1S/C27H21N5O2S2/c1-17-7-5-6-10-22(17)29-26(35)31-24(33)20-13-11-18(12-14-20)16-36-27-30-23(19-8-3-2-4-9-19)21(15-28)25(34)32-27/h2-14H,16H2,1H3,(H,30,32,34)(H2,29,31,33,35). The molecule has 0 radical (unpaired) electrons. The second-order valence-electron chi connectivity index (χ2n) is 7.78. The van der Waals surface area contributed by atoms with Crippen molar-refractivity contribution in [3.8, 4) is 17.3 Å². The van der Waals surface area contributed by atoms with Crippen molar-refractivity contribution < 1.29 is 4.79 Å². The number of nitriles is 1. The van der Waals surface area contributed by atoms with Crippen molar-refractivity contribution >= 4 is 40.7 Å². The van der Waals surface area contributed by atoms with Gasteiger partial charge in [0.05, 0.1) is 5.69 Å². The van der Waals surface area contributed by atoms with Crippen molar-refractivity contribution in [2.75, 3.05) is 5.32 Å². The van der Waals surface area contributed by atoms with Gasteiger partial charge in [0.2, 0.25) is 0 Å². The molecule has 0 saturated carbocycles. The number of para-hydroxylation sites is 1. The molecule has 178 valence electrons. The Labute approximate surface area is 217 Å². The number of hydrogen-bond acceptors (Lipinski definition) is 6. The number of carbonyl (C=O) groups is 1. The molecule has 7 nitrogen and oxygen atoms in total. The maximum Gasteiger partial charge on any atom is 0.270 e. The molecule has 0 aliphatic carbocycles. The fourth-order valence-corrected chi connectivity index (χ4v) is 4.39. The predicted octanol–water partition coefficient (Wildman–Crippen LogP) is 5.04. The van der Waals surface area contributed by atoms with Crippen LogP contribution in [0.15, 0.2) is 88.8 Å². The molecule has 3 N–H and O–H groups in total. The number of amides is 1. The molecule has 1 heterocycles. The van der Waals surface area contributed by atoms with Gasteiger partial charge in [0.1, 0.15) is 11.6 Å². The highest BCUT2D eigenvalue weighted by atomic mass is 32.2. The number of hydrogen-bond donors (Lipinski definition) is 3. The summed E-state index contributed by atoms with van der Waals surface area (Å²) in [6.07, 6.45) is 0. The fourth-order valence-electron chi connectivity index (χ4n) is 3.38. The number of aromatic amines is 1. The zero-order valence-corrected chi connectivity index (χ0v) is 20.9. The quantitative estimate of drug-likeness (QED) is 0.189. The Bertz CT molecular complexity index is 1510. The van der Waals surface area contributed by atoms with Crippen molar-refractivity contribution in [1.82, 2.24) is 15.3 Å². The molecule has 0 fully saturated rings. The molecule has 1 aromatic heterocycles. The van der Waals surface area contributed by atoms with Crippen molar-refractivity contribution in [1.29, 1.82) is 5.26 Å². The summed E-state index contributed by atoms with van der Waals surface area (Å²) in [7, 11) is 0. The zero-order valence-electron chi connectivity index (χ0n) is 19.2. The van der Waals surface area contributed by atoms with E-state index in [4.69, 9.17) is 12.2 Å². The summed E-state index contributed by atoms with van der Waals surface area (Å²) in [6.45, 7) is 1.95. The number of thioether (sulfide) groups is 1. The van der Waals surface area contributed by atoms with Crippen LogP contribution in [0.25, 0.3) is 11.3 Å². The van der Waals surface area contributed by atoms with Crippen molar-refractivity contribution in [3.05, 3.63) is 111 Å². The summed E-state index contributed by atoms with van der Waals surface area (Å²) in [5, 5.41) is 15.8. The van der Waals surface area contributed by atoms with Gasteiger partial charge < -0.3 is 10.3 Å². The minimum atomic E-state index is -0.476. The summed E-state index contributed by atoms with van der Waals surface area (Å²) in [5.41, 5.74) is 3.81. The fraction of sp³-hybridized carbons (Fsp3) is 0.0741. The lowest BCUT2D eigenvalue weighted by Crippen LogP contribution is -2.34. The van der Waals surface area contributed by atoms with E-state index in [1.54, 1.807) is 12.1 Å². The summed E-state index contributed by atoms with van der Waals surface area (Å²) in [4.78, 5) is 32.2. The number of nitrogens with one attached hydrogen (secondary N) is 3. The molecule has 36 heavy (non-hydrogen) atoms. The van der Waals surface area contributed by atoms with Crippen LogP contribution >= 0.6 is 24.0 Å². The Balaban J connectivity index is 1.40. The maximum absolute atomic E-state index is 12.6. The minimum absolute atomic E-state index is 0.0178. The van der Waals surface area contributed by atoms with Crippen LogP contribution in [0.1, 0.15) is 27.0 Å². The van der Waals surface area contributed by atoms with E-state index < -0.39 is 5.56 Å². The van der Waals surface area contributed by atoms with E-state index in [1.807, 2.05) is 79.7 Å². The molecule has 0 spiro atoms. The number of H-pyrrole nitrogens is 1. The molecule has 0 bridgehead atoms. The third-order valence-corrected chi connectivity index (χ3v) is 6.42. The Kier molecular flexibility index (Phi) is 7.90. The van der Waals surface area contributed by atoms with E-state index in [0.29, 0.717) is 27.7 Å². The average Bonchev–Trinajstić information content (AvgIpc) is 2.89. The third-order valence-electron chi connectivity index (χ3n) is 5.27. The van der Waals surface area contributed by atoms with Crippen LogP contribution in [-0.4, -0.2) is 21.0 Å². The van der Waals surface area contributed by atoms with E-state index in [1.165, 1.54) is 11.8 Å². The van der Waals surface area contributed by atoms with E-state index >= 15 is 0 Å². The highest BCUT2D eigenvalue weighted by Crippen LogP contribution is 2.24. The van der Waals surface area contributed by atoms with Crippen LogP contribution in [0, 0.1) is 18.3 Å². The number of nitrogens with zero attached hydrogens (tertiary/aromatic N) is 2. The van der Waals surface area contributed by atoms with Crippen LogP contribution in [-0.2, 0) is 5.75 Å². The molecular weight excluding hydrogens is 490 g/mol. The van der Waals surface area contributed by atoms with Gasteiger partial charge in [-0.3, -0.25) is 14.9 Å². The normalized spacial score (nSPS) is 10.3. The van der Waals surface area contributed by atoms with E-state index in [0.717, 1.165) is 16.8 Å². The molecular formula is C27H21N5O2S2. The van der Waals surface area contributed by atoms with Gasteiger partial charge in [0.15, 0.2) is 10.3 Å². The smallest absolute Gasteiger partial charge is 0.270 e. The first-order valence-corrected chi connectivity index (χ1v) is 12.3. The van der Waals surface area contributed by atoms with Crippen molar-refractivity contribution in [2.45, 2.75) is 17.8 Å². The van der Waals surface area contributed by atoms with Gasteiger partial charge >= 0.3 is 0 Å². The third kappa shape index (κ3) is 6.05. The number of benzene rings is 3. The Morgan fingerprint density at radius 1 is 1.06 bits per heavy atom. The van der Waals surface area contributed by atoms with Crippen LogP contribution in [0.5, 0.6) is 0 Å². The molecule has 4 aromatic rings. The summed E-state index contributed by atoms with van der Waals surface area (Å²) < 4.78 is 0. The maximum atomic E-state index is 12.6. The summed E-state index contributed by atoms with van der Waals surface area (Å²) in [6, 6.07) is 25.8. The van der Waals surface area contributed by atoms with Crippen molar-refractivity contribution in [3.63, 3.8) is 0 Å². The van der Waals surface area contributed by atoms with Gasteiger partial charge in [-0.05, 0) is 48.5 Å². The first-order valence-electron chi connectivity index (χ1n) is 10.9. The lowest BCUT2D eigenvalue weighted by molar-refractivity contribution is 0.0977. The topological polar surface area (TPSA) is 111 Å². The number of thiocarbonyl (C=S) groups is 1. The largest absolute Gasteiger partial charge is 0.332 e. The number of aromatic nitrogens is 2. The SMILES string of the molecule is Cc1ccccc1NC(=S)NC(=O)c1ccc(CSc2nc(-c3ccccc3)c(C#N)c(=O)[nH]2)cc1. The van der Waals surface area contributed by atoms with Crippen molar-refractivity contribution in [2.24, 2.45) is 0 Å².